The van der Waals surface area contributed by atoms with Gasteiger partial charge >= 0.3 is 0 Å². The molecule has 0 aliphatic carbocycles. The van der Waals surface area contributed by atoms with Crippen molar-refractivity contribution in [3.63, 3.8) is 0 Å². The van der Waals surface area contributed by atoms with Crippen molar-refractivity contribution < 1.29 is 9.84 Å². The van der Waals surface area contributed by atoms with E-state index in [1.165, 1.54) is 32.7 Å². The predicted molar refractivity (Wildman–Crippen MR) is 109 cm³/mol. The van der Waals surface area contributed by atoms with Crippen LogP contribution in [0.3, 0.4) is 0 Å². The molecule has 0 atom stereocenters. The molecule has 0 aliphatic heterocycles. The Kier molecular flexibility index (Phi) is 4.36. The van der Waals surface area contributed by atoms with Crippen LogP contribution in [0.5, 0.6) is 5.75 Å². The molecule has 0 amide bonds. The molecule has 4 aromatic rings. The van der Waals surface area contributed by atoms with E-state index in [0.717, 1.165) is 16.9 Å². The molecular formula is C24H22O2. The molecular weight excluding hydrogens is 320 g/mol. The van der Waals surface area contributed by atoms with E-state index < -0.39 is 0 Å². The monoisotopic (exact) mass is 342 g/mol. The van der Waals surface area contributed by atoms with Crippen molar-refractivity contribution in [2.24, 2.45) is 0 Å². The number of ether oxygens (including phenoxy) is 1. The average Bonchev–Trinajstić information content (AvgIpc) is 2.65. The number of aliphatic hydroxyl groups excluding tert-OH is 1. The van der Waals surface area contributed by atoms with Crippen LogP contribution in [0.25, 0.3) is 32.7 Å². The molecule has 26 heavy (non-hydrogen) atoms. The first-order valence-corrected chi connectivity index (χ1v) is 8.95. The zero-order valence-electron chi connectivity index (χ0n) is 15.1. The second-order valence-electron chi connectivity index (χ2n) is 6.72. The summed E-state index contributed by atoms with van der Waals surface area (Å²) in [7, 11) is 0. The Bertz CT molecular complexity index is 1100. The minimum atomic E-state index is 0.000270. The van der Waals surface area contributed by atoms with Gasteiger partial charge in [0.25, 0.3) is 0 Å². The lowest BCUT2D eigenvalue weighted by Gasteiger charge is -2.19. The van der Waals surface area contributed by atoms with Gasteiger partial charge in [0.2, 0.25) is 0 Å². The van der Waals surface area contributed by atoms with Gasteiger partial charge in [-0.05, 0) is 58.1 Å². The van der Waals surface area contributed by atoms with Crippen molar-refractivity contribution in [3.8, 4) is 16.9 Å². The number of rotatable bonds is 4. The van der Waals surface area contributed by atoms with E-state index in [0.29, 0.717) is 0 Å². The van der Waals surface area contributed by atoms with Gasteiger partial charge in [0, 0.05) is 5.56 Å². The molecule has 4 rings (SSSR count). The second kappa shape index (κ2) is 6.81. The summed E-state index contributed by atoms with van der Waals surface area (Å²) in [6.45, 7) is 4.49. The van der Waals surface area contributed by atoms with Crippen LogP contribution in [0.1, 0.15) is 11.1 Å². The van der Waals surface area contributed by atoms with Gasteiger partial charge < -0.3 is 9.84 Å². The molecule has 0 radical (unpaired) electrons. The van der Waals surface area contributed by atoms with Crippen LogP contribution >= 0.6 is 0 Å². The lowest BCUT2D eigenvalue weighted by atomic mass is 9.90. The maximum atomic E-state index is 9.28. The molecule has 4 aromatic carbocycles. The van der Waals surface area contributed by atoms with Crippen LogP contribution in [0.2, 0.25) is 0 Å². The molecule has 130 valence electrons. The Morgan fingerprint density at radius 2 is 1.46 bits per heavy atom. The van der Waals surface area contributed by atoms with Gasteiger partial charge in [0.05, 0.1) is 6.61 Å². The van der Waals surface area contributed by atoms with Gasteiger partial charge in [-0.3, -0.25) is 0 Å². The van der Waals surface area contributed by atoms with Gasteiger partial charge in [-0.2, -0.15) is 0 Å². The Labute approximate surface area is 153 Å². The van der Waals surface area contributed by atoms with Crippen LogP contribution in [-0.2, 0) is 0 Å². The predicted octanol–water partition coefficient (Wildman–Crippen LogP) is 5.65. The summed E-state index contributed by atoms with van der Waals surface area (Å²) < 4.78 is 6.02. The van der Waals surface area contributed by atoms with Crippen molar-refractivity contribution in [3.05, 3.63) is 77.9 Å². The first-order chi connectivity index (χ1) is 12.7. The number of aryl methyl sites for hydroxylation is 2. The number of hydrogen-bond donors (Lipinski definition) is 1. The summed E-state index contributed by atoms with van der Waals surface area (Å²) in [5.74, 6) is 0.855. The molecule has 0 fully saturated rings. The number of hydrogen-bond acceptors (Lipinski definition) is 2. The topological polar surface area (TPSA) is 29.5 Å². The summed E-state index contributed by atoms with van der Waals surface area (Å²) in [5, 5.41) is 14.1. The van der Waals surface area contributed by atoms with Crippen LogP contribution in [0.4, 0.5) is 0 Å². The largest absolute Gasteiger partial charge is 0.490 e. The van der Waals surface area contributed by atoms with Crippen LogP contribution in [-0.4, -0.2) is 18.3 Å². The number of fused-ring (bicyclic) bond motifs is 2. The third-order valence-corrected chi connectivity index (χ3v) is 4.80. The highest BCUT2D eigenvalue weighted by atomic mass is 16.5. The van der Waals surface area contributed by atoms with E-state index in [1.54, 1.807) is 0 Å². The lowest BCUT2D eigenvalue weighted by Crippen LogP contribution is -2.05. The molecule has 0 aliphatic rings. The van der Waals surface area contributed by atoms with E-state index in [2.05, 4.69) is 80.6 Å². The summed E-state index contributed by atoms with van der Waals surface area (Å²) in [6.07, 6.45) is 0. The molecule has 0 unspecified atom stereocenters. The van der Waals surface area contributed by atoms with Crippen molar-refractivity contribution >= 4 is 21.5 Å². The summed E-state index contributed by atoms with van der Waals surface area (Å²) in [5.41, 5.74) is 4.58. The molecule has 1 N–H and O–H groups in total. The summed E-state index contributed by atoms with van der Waals surface area (Å²) in [6, 6.07) is 23.5. The number of benzene rings is 4. The quantitative estimate of drug-likeness (QED) is 0.519. The minimum Gasteiger partial charge on any atom is -0.490 e. The zero-order chi connectivity index (χ0) is 18.1. The molecule has 0 spiro atoms. The van der Waals surface area contributed by atoms with Gasteiger partial charge in [0.1, 0.15) is 12.4 Å². The van der Waals surface area contributed by atoms with Crippen molar-refractivity contribution in [1.29, 1.82) is 0 Å². The average molecular weight is 342 g/mol. The molecule has 0 saturated carbocycles. The van der Waals surface area contributed by atoms with Crippen molar-refractivity contribution in [2.75, 3.05) is 13.2 Å². The lowest BCUT2D eigenvalue weighted by molar-refractivity contribution is 0.201. The van der Waals surface area contributed by atoms with Gasteiger partial charge in [-0.25, -0.2) is 0 Å². The van der Waals surface area contributed by atoms with Crippen LogP contribution in [0, 0.1) is 13.8 Å². The third kappa shape index (κ3) is 2.83. The summed E-state index contributed by atoms with van der Waals surface area (Å²) >= 11 is 0. The zero-order valence-corrected chi connectivity index (χ0v) is 15.1. The number of aliphatic hydroxyl groups is 1. The molecule has 0 heterocycles. The van der Waals surface area contributed by atoms with Crippen LogP contribution in [0.15, 0.2) is 66.7 Å². The molecule has 0 saturated heterocycles. The van der Waals surface area contributed by atoms with Crippen LogP contribution < -0.4 is 4.74 Å². The smallest absolute Gasteiger partial charge is 0.130 e. The fourth-order valence-corrected chi connectivity index (χ4v) is 3.74. The van der Waals surface area contributed by atoms with Crippen molar-refractivity contribution in [2.45, 2.75) is 13.8 Å². The first-order valence-electron chi connectivity index (χ1n) is 8.95. The Balaban J connectivity index is 2.13. The van der Waals surface area contributed by atoms with Gasteiger partial charge in [0.15, 0.2) is 0 Å². The molecule has 2 heteroatoms. The maximum absolute atomic E-state index is 9.28. The molecule has 0 bridgehead atoms. The van der Waals surface area contributed by atoms with E-state index in [-0.39, 0.29) is 13.2 Å². The minimum absolute atomic E-state index is 0.000270. The second-order valence-corrected chi connectivity index (χ2v) is 6.72. The maximum Gasteiger partial charge on any atom is 0.130 e. The Morgan fingerprint density at radius 1 is 0.808 bits per heavy atom. The van der Waals surface area contributed by atoms with E-state index in [9.17, 15) is 5.11 Å². The van der Waals surface area contributed by atoms with E-state index in [4.69, 9.17) is 4.74 Å². The Morgan fingerprint density at radius 3 is 2.19 bits per heavy atom. The SMILES string of the molecule is Cc1cc(-c2c(OCCO)c(C)cc3ccccc23)c2ccccc2c1. The highest BCUT2D eigenvalue weighted by Crippen LogP contribution is 2.43. The molecule has 0 aromatic heterocycles. The third-order valence-electron chi connectivity index (χ3n) is 4.80. The fourth-order valence-electron chi connectivity index (χ4n) is 3.74. The highest BCUT2D eigenvalue weighted by Gasteiger charge is 2.17. The van der Waals surface area contributed by atoms with Crippen molar-refractivity contribution in [1.82, 2.24) is 0 Å². The normalized spacial score (nSPS) is 11.2. The standard InChI is InChI=1S/C24H22O2/c1-16-13-18-7-3-5-9-20(18)22(14-16)23-21-10-6-4-8-19(21)15-17(2)24(23)26-12-11-25/h3-10,13-15,25H,11-12H2,1-2H3. The van der Waals surface area contributed by atoms with Gasteiger partial charge in [-0.1, -0.05) is 60.7 Å². The fraction of sp³-hybridized carbons (Fsp3) is 0.167. The molecule has 2 nitrogen and oxygen atoms in total. The van der Waals surface area contributed by atoms with E-state index >= 15 is 0 Å². The first kappa shape index (κ1) is 16.6. The summed E-state index contributed by atoms with van der Waals surface area (Å²) in [4.78, 5) is 0. The van der Waals surface area contributed by atoms with Gasteiger partial charge in [-0.15, -0.1) is 0 Å². The Hall–Kier alpha value is -2.84. The highest BCUT2D eigenvalue weighted by molar-refractivity contribution is 6.08. The van der Waals surface area contributed by atoms with E-state index in [1.807, 2.05) is 0 Å².